The topological polar surface area (TPSA) is 21.3 Å². The number of ether oxygens (including phenoxy) is 1. The molecule has 1 fully saturated rings. The highest BCUT2D eigenvalue weighted by atomic mass is 19.4. The maximum Gasteiger partial charge on any atom is 0.411 e. The average molecular weight is 253 g/mol. The quantitative estimate of drug-likeness (QED) is 0.812. The van der Waals surface area contributed by atoms with Crippen LogP contribution in [0.5, 0.6) is 0 Å². The van der Waals surface area contributed by atoms with E-state index >= 15 is 0 Å². The number of hydrogen-bond donors (Lipinski definition) is 1. The van der Waals surface area contributed by atoms with Crippen LogP contribution in [0.2, 0.25) is 0 Å². The van der Waals surface area contributed by atoms with Crippen LogP contribution in [-0.2, 0) is 4.74 Å². The van der Waals surface area contributed by atoms with Gasteiger partial charge >= 0.3 is 6.18 Å². The first kappa shape index (κ1) is 14.8. The molecule has 2 nitrogen and oxygen atoms in total. The lowest BCUT2D eigenvalue weighted by Crippen LogP contribution is -2.46. The van der Waals surface area contributed by atoms with Gasteiger partial charge in [0.05, 0.1) is 6.10 Å². The van der Waals surface area contributed by atoms with Crippen LogP contribution in [-0.4, -0.2) is 31.5 Å². The molecule has 0 aromatic carbocycles. The minimum Gasteiger partial charge on any atom is -0.367 e. The minimum absolute atomic E-state index is 0.0773. The predicted octanol–water partition coefficient (Wildman–Crippen LogP) is 3.12. The highest BCUT2D eigenvalue weighted by Crippen LogP contribution is 2.28. The van der Waals surface area contributed by atoms with E-state index in [1.54, 1.807) is 0 Å². The van der Waals surface area contributed by atoms with Crippen molar-refractivity contribution in [3.05, 3.63) is 0 Å². The monoisotopic (exact) mass is 253 g/mol. The number of alkyl halides is 3. The van der Waals surface area contributed by atoms with Gasteiger partial charge in [-0.05, 0) is 38.1 Å². The van der Waals surface area contributed by atoms with E-state index in [9.17, 15) is 13.2 Å². The van der Waals surface area contributed by atoms with E-state index in [0.29, 0.717) is 5.92 Å². The van der Waals surface area contributed by atoms with E-state index < -0.39 is 12.8 Å². The summed E-state index contributed by atoms with van der Waals surface area (Å²) in [4.78, 5) is 0. The Morgan fingerprint density at radius 2 is 2.00 bits per heavy atom. The largest absolute Gasteiger partial charge is 0.411 e. The molecule has 1 saturated carbocycles. The molecule has 0 amide bonds. The van der Waals surface area contributed by atoms with Gasteiger partial charge in [0, 0.05) is 6.04 Å². The van der Waals surface area contributed by atoms with Crippen molar-refractivity contribution in [2.75, 3.05) is 13.2 Å². The molecular weight excluding hydrogens is 231 g/mol. The first-order chi connectivity index (χ1) is 7.92. The second kappa shape index (κ2) is 6.59. The van der Waals surface area contributed by atoms with Crippen molar-refractivity contribution < 1.29 is 17.9 Å². The lowest BCUT2D eigenvalue weighted by molar-refractivity contribution is -0.191. The van der Waals surface area contributed by atoms with Gasteiger partial charge in [0.15, 0.2) is 0 Å². The highest BCUT2D eigenvalue weighted by molar-refractivity contribution is 4.84. The molecule has 3 atom stereocenters. The van der Waals surface area contributed by atoms with Crippen LogP contribution in [0.4, 0.5) is 13.2 Å². The Morgan fingerprint density at radius 1 is 1.29 bits per heavy atom. The molecule has 17 heavy (non-hydrogen) atoms. The van der Waals surface area contributed by atoms with Gasteiger partial charge in [0.25, 0.3) is 0 Å². The molecule has 0 heterocycles. The fourth-order valence-corrected chi connectivity index (χ4v) is 2.28. The van der Waals surface area contributed by atoms with Crippen LogP contribution < -0.4 is 5.32 Å². The van der Waals surface area contributed by atoms with E-state index in [1.165, 1.54) is 0 Å². The van der Waals surface area contributed by atoms with E-state index in [1.807, 2.05) is 6.92 Å². The molecular formula is C12H22F3NO. The summed E-state index contributed by atoms with van der Waals surface area (Å²) in [6, 6.07) is 0.0773. The fourth-order valence-electron chi connectivity index (χ4n) is 2.28. The van der Waals surface area contributed by atoms with E-state index in [2.05, 4.69) is 12.2 Å². The van der Waals surface area contributed by atoms with Crippen molar-refractivity contribution in [2.24, 2.45) is 5.92 Å². The average Bonchev–Trinajstić information content (AvgIpc) is 2.24. The Hall–Kier alpha value is -0.290. The number of nitrogens with one attached hydrogen (secondary N) is 1. The Balaban J connectivity index is 2.43. The van der Waals surface area contributed by atoms with Crippen molar-refractivity contribution in [3.63, 3.8) is 0 Å². The molecule has 0 bridgehead atoms. The van der Waals surface area contributed by atoms with Gasteiger partial charge in [0.2, 0.25) is 0 Å². The van der Waals surface area contributed by atoms with Crippen LogP contribution in [0.1, 0.15) is 39.5 Å². The molecule has 0 saturated heterocycles. The van der Waals surface area contributed by atoms with Gasteiger partial charge < -0.3 is 10.1 Å². The van der Waals surface area contributed by atoms with Crippen molar-refractivity contribution in [2.45, 2.75) is 57.9 Å². The molecule has 0 aliphatic heterocycles. The third-order valence-electron chi connectivity index (χ3n) is 3.17. The summed E-state index contributed by atoms with van der Waals surface area (Å²) in [7, 11) is 0. The first-order valence-electron chi connectivity index (χ1n) is 6.34. The summed E-state index contributed by atoms with van der Waals surface area (Å²) in [5, 5.41) is 3.29. The summed E-state index contributed by atoms with van der Waals surface area (Å²) < 4.78 is 41.5. The molecule has 1 aliphatic carbocycles. The maximum absolute atomic E-state index is 12.1. The van der Waals surface area contributed by atoms with Gasteiger partial charge in [-0.1, -0.05) is 13.8 Å². The van der Waals surface area contributed by atoms with Gasteiger partial charge in [-0.25, -0.2) is 0 Å². The molecule has 0 aromatic heterocycles. The Bertz CT molecular complexity index is 218. The predicted molar refractivity (Wildman–Crippen MR) is 60.9 cm³/mol. The zero-order valence-corrected chi connectivity index (χ0v) is 10.5. The van der Waals surface area contributed by atoms with E-state index in [0.717, 1.165) is 32.2 Å². The van der Waals surface area contributed by atoms with Gasteiger partial charge in [-0.15, -0.1) is 0 Å². The van der Waals surface area contributed by atoms with Crippen LogP contribution in [0.25, 0.3) is 0 Å². The SMILES string of the molecule is CCCNC1CCC(C)CC1OCC(F)(F)F. The zero-order chi connectivity index (χ0) is 12.9. The number of hydrogen-bond acceptors (Lipinski definition) is 2. The third kappa shape index (κ3) is 5.73. The smallest absolute Gasteiger partial charge is 0.367 e. The molecule has 1 rings (SSSR count). The number of halogens is 3. The summed E-state index contributed by atoms with van der Waals surface area (Å²) in [5.41, 5.74) is 0. The summed E-state index contributed by atoms with van der Waals surface area (Å²) in [6.45, 7) is 3.82. The molecule has 0 spiro atoms. The number of rotatable bonds is 5. The van der Waals surface area contributed by atoms with Gasteiger partial charge in [-0.2, -0.15) is 13.2 Å². The minimum atomic E-state index is -4.23. The molecule has 1 aliphatic rings. The van der Waals surface area contributed by atoms with Crippen molar-refractivity contribution in [3.8, 4) is 0 Å². The highest BCUT2D eigenvalue weighted by Gasteiger charge is 2.34. The maximum atomic E-state index is 12.1. The Labute approximate surface area is 101 Å². The van der Waals surface area contributed by atoms with Crippen LogP contribution >= 0.6 is 0 Å². The lowest BCUT2D eigenvalue weighted by Gasteiger charge is -2.35. The summed E-state index contributed by atoms with van der Waals surface area (Å²) in [6.07, 6.45) is -0.852. The zero-order valence-electron chi connectivity index (χ0n) is 10.5. The first-order valence-corrected chi connectivity index (χ1v) is 6.34. The standard InChI is InChI=1S/C12H22F3NO/c1-3-6-16-10-5-4-9(2)7-11(10)17-8-12(13,14)15/h9-11,16H,3-8H2,1-2H3. The lowest BCUT2D eigenvalue weighted by atomic mass is 9.85. The molecule has 3 unspecified atom stereocenters. The molecule has 0 radical (unpaired) electrons. The van der Waals surface area contributed by atoms with Crippen molar-refractivity contribution in [1.82, 2.24) is 5.32 Å². The van der Waals surface area contributed by atoms with Crippen LogP contribution in [0.15, 0.2) is 0 Å². The van der Waals surface area contributed by atoms with Crippen LogP contribution in [0.3, 0.4) is 0 Å². The summed E-state index contributed by atoms with van der Waals surface area (Å²) >= 11 is 0. The van der Waals surface area contributed by atoms with Crippen LogP contribution in [0, 0.1) is 5.92 Å². The third-order valence-corrected chi connectivity index (χ3v) is 3.17. The molecule has 102 valence electrons. The van der Waals surface area contributed by atoms with Crippen molar-refractivity contribution >= 4 is 0 Å². The fraction of sp³-hybridized carbons (Fsp3) is 1.00. The second-order valence-corrected chi connectivity index (χ2v) is 4.94. The van der Waals surface area contributed by atoms with E-state index in [4.69, 9.17) is 4.74 Å². The van der Waals surface area contributed by atoms with Crippen molar-refractivity contribution in [1.29, 1.82) is 0 Å². The molecule has 1 N–H and O–H groups in total. The molecule has 5 heteroatoms. The van der Waals surface area contributed by atoms with Gasteiger partial charge in [-0.3, -0.25) is 0 Å². The Morgan fingerprint density at radius 3 is 2.59 bits per heavy atom. The second-order valence-electron chi connectivity index (χ2n) is 4.94. The van der Waals surface area contributed by atoms with Gasteiger partial charge in [0.1, 0.15) is 6.61 Å². The molecule has 0 aromatic rings. The normalized spacial score (nSPS) is 30.5. The van der Waals surface area contributed by atoms with E-state index in [-0.39, 0.29) is 12.1 Å². The Kier molecular flexibility index (Phi) is 5.73. The summed E-state index contributed by atoms with van der Waals surface area (Å²) in [5.74, 6) is 0.452.